The molecule has 2 aliphatic rings. The summed E-state index contributed by atoms with van der Waals surface area (Å²) in [5.41, 5.74) is 0.899. The molecular weight excluding hydrogens is 275 g/mol. The molecule has 1 heterocycles. The van der Waals surface area contributed by atoms with E-state index in [1.165, 1.54) is 38.2 Å². The first-order valence-electron chi connectivity index (χ1n) is 7.59. The van der Waals surface area contributed by atoms with Crippen LogP contribution >= 0.6 is 11.6 Å². The van der Waals surface area contributed by atoms with Crippen molar-refractivity contribution in [3.05, 3.63) is 34.6 Å². The van der Waals surface area contributed by atoms with Gasteiger partial charge in [-0.1, -0.05) is 36.9 Å². The predicted octanol–water partition coefficient (Wildman–Crippen LogP) is 3.59. The van der Waals surface area contributed by atoms with Gasteiger partial charge >= 0.3 is 0 Å². The van der Waals surface area contributed by atoms with Gasteiger partial charge in [-0.15, -0.1) is 0 Å². The molecule has 3 rings (SSSR count). The zero-order valence-corrected chi connectivity index (χ0v) is 12.6. The second-order valence-electron chi connectivity index (χ2n) is 6.18. The van der Waals surface area contributed by atoms with Gasteiger partial charge in [0.25, 0.3) is 0 Å². The average molecular weight is 297 g/mol. The van der Waals surface area contributed by atoms with Gasteiger partial charge in [0.1, 0.15) is 5.82 Å². The number of piperazine rings is 1. The Balaban J connectivity index is 1.71. The van der Waals surface area contributed by atoms with Gasteiger partial charge in [0.05, 0.1) is 0 Å². The number of rotatable bonds is 2. The summed E-state index contributed by atoms with van der Waals surface area (Å²) in [5.74, 6) is -0.186. The van der Waals surface area contributed by atoms with Crippen LogP contribution in [0, 0.1) is 5.82 Å². The Morgan fingerprint density at radius 3 is 2.80 bits per heavy atom. The van der Waals surface area contributed by atoms with Crippen LogP contribution in [0.3, 0.4) is 0 Å². The van der Waals surface area contributed by atoms with Crippen molar-refractivity contribution in [1.82, 2.24) is 10.2 Å². The second kappa shape index (κ2) is 6.00. The first-order valence-corrected chi connectivity index (χ1v) is 7.97. The van der Waals surface area contributed by atoms with Gasteiger partial charge in [-0.3, -0.25) is 4.90 Å². The SMILES string of the molecule is Fc1cccc(Cl)c1CN1CCNC2(CCCCC2)C1. The molecule has 1 aromatic rings. The molecule has 4 heteroatoms. The number of hydrogen-bond donors (Lipinski definition) is 1. The van der Waals surface area contributed by atoms with E-state index in [0.717, 1.165) is 19.6 Å². The van der Waals surface area contributed by atoms with E-state index in [2.05, 4.69) is 10.2 Å². The van der Waals surface area contributed by atoms with Crippen LogP contribution in [0.2, 0.25) is 5.02 Å². The molecule has 1 N–H and O–H groups in total. The van der Waals surface area contributed by atoms with Gasteiger partial charge in [0, 0.05) is 42.3 Å². The third-order valence-electron chi connectivity index (χ3n) is 4.71. The lowest BCUT2D eigenvalue weighted by Gasteiger charge is -2.46. The van der Waals surface area contributed by atoms with Crippen LogP contribution in [0.25, 0.3) is 0 Å². The summed E-state index contributed by atoms with van der Waals surface area (Å²) in [5, 5.41) is 4.25. The van der Waals surface area contributed by atoms with E-state index in [4.69, 9.17) is 11.6 Å². The van der Waals surface area contributed by atoms with Crippen LogP contribution in [0.5, 0.6) is 0 Å². The van der Waals surface area contributed by atoms with Crippen molar-refractivity contribution in [2.75, 3.05) is 19.6 Å². The lowest BCUT2D eigenvalue weighted by molar-refractivity contribution is 0.0937. The van der Waals surface area contributed by atoms with E-state index in [-0.39, 0.29) is 11.4 Å². The number of benzene rings is 1. The fraction of sp³-hybridized carbons (Fsp3) is 0.625. The average Bonchev–Trinajstić information content (AvgIpc) is 2.44. The van der Waals surface area contributed by atoms with E-state index in [1.807, 2.05) is 0 Å². The van der Waals surface area contributed by atoms with E-state index in [1.54, 1.807) is 12.1 Å². The third kappa shape index (κ3) is 3.00. The number of hydrogen-bond acceptors (Lipinski definition) is 2. The third-order valence-corrected chi connectivity index (χ3v) is 5.06. The molecule has 1 spiro atoms. The van der Waals surface area contributed by atoms with Crippen LogP contribution in [-0.2, 0) is 6.54 Å². The molecule has 1 aliphatic carbocycles. The number of nitrogens with zero attached hydrogens (tertiary/aromatic N) is 1. The molecule has 1 aliphatic heterocycles. The van der Waals surface area contributed by atoms with Crippen LogP contribution in [0.1, 0.15) is 37.7 Å². The van der Waals surface area contributed by atoms with Gasteiger partial charge in [0.15, 0.2) is 0 Å². The van der Waals surface area contributed by atoms with Gasteiger partial charge in [-0.05, 0) is 25.0 Å². The molecule has 110 valence electrons. The number of nitrogens with one attached hydrogen (secondary N) is 1. The Morgan fingerprint density at radius 1 is 1.25 bits per heavy atom. The van der Waals surface area contributed by atoms with Gasteiger partial charge in [0.2, 0.25) is 0 Å². The molecular formula is C16H22ClFN2. The number of halogens is 2. The Hall–Kier alpha value is -0.640. The van der Waals surface area contributed by atoms with Gasteiger partial charge < -0.3 is 5.32 Å². The molecule has 0 amide bonds. The van der Waals surface area contributed by atoms with Crippen molar-refractivity contribution in [3.8, 4) is 0 Å². The summed E-state index contributed by atoms with van der Waals surface area (Å²) in [6.07, 6.45) is 6.45. The van der Waals surface area contributed by atoms with Crippen molar-refractivity contribution in [3.63, 3.8) is 0 Å². The lowest BCUT2D eigenvalue weighted by Crippen LogP contribution is -2.60. The highest BCUT2D eigenvalue weighted by Crippen LogP contribution is 2.31. The van der Waals surface area contributed by atoms with Crippen molar-refractivity contribution < 1.29 is 4.39 Å². The molecule has 0 atom stereocenters. The van der Waals surface area contributed by atoms with Gasteiger partial charge in [-0.25, -0.2) is 4.39 Å². The highest BCUT2D eigenvalue weighted by molar-refractivity contribution is 6.31. The molecule has 20 heavy (non-hydrogen) atoms. The van der Waals surface area contributed by atoms with E-state index in [0.29, 0.717) is 17.1 Å². The molecule has 2 nitrogen and oxygen atoms in total. The predicted molar refractivity (Wildman–Crippen MR) is 80.5 cm³/mol. The minimum absolute atomic E-state index is 0.186. The zero-order chi connectivity index (χ0) is 14.0. The van der Waals surface area contributed by atoms with Crippen LogP contribution in [-0.4, -0.2) is 30.1 Å². The van der Waals surface area contributed by atoms with Crippen LogP contribution in [0.4, 0.5) is 4.39 Å². The minimum Gasteiger partial charge on any atom is -0.309 e. The Morgan fingerprint density at radius 2 is 2.05 bits per heavy atom. The van der Waals surface area contributed by atoms with Crippen molar-refractivity contribution >= 4 is 11.6 Å². The maximum Gasteiger partial charge on any atom is 0.129 e. The maximum atomic E-state index is 13.9. The van der Waals surface area contributed by atoms with E-state index >= 15 is 0 Å². The molecule has 0 unspecified atom stereocenters. The Bertz CT molecular complexity index is 446. The van der Waals surface area contributed by atoms with Crippen LogP contribution < -0.4 is 5.32 Å². The van der Waals surface area contributed by atoms with Gasteiger partial charge in [-0.2, -0.15) is 0 Å². The fourth-order valence-corrected chi connectivity index (χ4v) is 3.87. The highest BCUT2D eigenvalue weighted by atomic mass is 35.5. The Labute approximate surface area is 125 Å². The second-order valence-corrected chi connectivity index (χ2v) is 6.59. The smallest absolute Gasteiger partial charge is 0.129 e. The summed E-state index contributed by atoms with van der Waals surface area (Å²) in [6, 6.07) is 4.94. The summed E-state index contributed by atoms with van der Waals surface area (Å²) >= 11 is 6.14. The quantitative estimate of drug-likeness (QED) is 0.897. The molecule has 1 saturated heterocycles. The summed E-state index contributed by atoms with van der Waals surface area (Å²) in [7, 11) is 0. The van der Waals surface area contributed by atoms with Crippen molar-refractivity contribution in [2.24, 2.45) is 0 Å². The summed E-state index contributed by atoms with van der Waals surface area (Å²) in [6.45, 7) is 3.59. The zero-order valence-electron chi connectivity index (χ0n) is 11.8. The first kappa shape index (κ1) is 14.3. The highest BCUT2D eigenvalue weighted by Gasteiger charge is 2.36. The lowest BCUT2D eigenvalue weighted by atomic mass is 9.80. The Kier molecular flexibility index (Phi) is 4.29. The van der Waals surface area contributed by atoms with Crippen molar-refractivity contribution in [1.29, 1.82) is 0 Å². The molecule has 0 bridgehead atoms. The van der Waals surface area contributed by atoms with Crippen molar-refractivity contribution in [2.45, 2.75) is 44.2 Å². The molecule has 0 radical (unpaired) electrons. The largest absolute Gasteiger partial charge is 0.309 e. The molecule has 2 fully saturated rings. The van der Waals surface area contributed by atoms with E-state index in [9.17, 15) is 4.39 Å². The summed E-state index contributed by atoms with van der Waals surface area (Å²) < 4.78 is 13.9. The normalized spacial score (nSPS) is 23.1. The summed E-state index contributed by atoms with van der Waals surface area (Å²) in [4.78, 5) is 2.35. The first-order chi connectivity index (χ1) is 9.69. The minimum atomic E-state index is -0.186. The topological polar surface area (TPSA) is 15.3 Å². The monoisotopic (exact) mass is 296 g/mol. The fourth-order valence-electron chi connectivity index (χ4n) is 3.65. The molecule has 0 aromatic heterocycles. The maximum absolute atomic E-state index is 13.9. The van der Waals surface area contributed by atoms with E-state index < -0.39 is 0 Å². The molecule has 1 saturated carbocycles. The molecule has 1 aromatic carbocycles. The standard InChI is InChI=1S/C16H22ClFN2/c17-14-5-4-6-15(18)13(14)11-20-10-9-19-16(12-20)7-2-1-3-8-16/h4-6,19H,1-3,7-12H2. The van der Waals surface area contributed by atoms with Crippen LogP contribution in [0.15, 0.2) is 18.2 Å².